The molecule has 1 heterocycles. The minimum absolute atomic E-state index is 0.377. The predicted octanol–water partition coefficient (Wildman–Crippen LogP) is -1.63. The normalized spacial score (nSPS) is 54.4. The van der Waals surface area contributed by atoms with Crippen molar-refractivity contribution < 1.29 is 20.1 Å². The van der Waals surface area contributed by atoms with Crippen LogP contribution in [0.15, 0.2) is 0 Å². The molecule has 0 aliphatic carbocycles. The summed E-state index contributed by atoms with van der Waals surface area (Å²) >= 11 is 0. The Bertz CT molecular complexity index is 184. The van der Waals surface area contributed by atoms with Crippen LogP contribution in [-0.4, -0.2) is 53.1 Å². The van der Waals surface area contributed by atoms with Crippen LogP contribution in [0.4, 0.5) is 0 Å². The molecule has 12 heavy (non-hydrogen) atoms. The summed E-state index contributed by atoms with van der Waals surface area (Å²) in [5.41, 5.74) is -2.67. The minimum atomic E-state index is -1.50. The van der Waals surface area contributed by atoms with E-state index < -0.39 is 23.3 Å². The predicted molar refractivity (Wildman–Crippen MR) is 42.7 cm³/mol. The second kappa shape index (κ2) is 2.70. The molecule has 1 aliphatic rings. The standard InChI is InChI=1S/C7H13BO4/c1-6(3-9)4(10)7(2,11)5(8)12-6/h4-5,9-11H,3H2,1-2H3. The minimum Gasteiger partial charge on any atom is -0.393 e. The maximum absolute atomic E-state index is 9.59. The summed E-state index contributed by atoms with van der Waals surface area (Å²) in [6, 6.07) is -0.968. The zero-order chi connectivity index (χ0) is 9.57. The van der Waals surface area contributed by atoms with Crippen molar-refractivity contribution >= 4 is 7.85 Å². The van der Waals surface area contributed by atoms with Crippen LogP contribution in [0.3, 0.4) is 0 Å². The number of hydrogen-bond acceptors (Lipinski definition) is 4. The lowest BCUT2D eigenvalue weighted by atomic mass is 9.80. The van der Waals surface area contributed by atoms with Gasteiger partial charge in [-0.3, -0.25) is 0 Å². The Morgan fingerprint density at radius 3 is 2.17 bits per heavy atom. The summed E-state index contributed by atoms with van der Waals surface area (Å²) in [6.45, 7) is 2.50. The van der Waals surface area contributed by atoms with Crippen LogP contribution in [0.2, 0.25) is 0 Å². The van der Waals surface area contributed by atoms with E-state index in [0.29, 0.717) is 0 Å². The number of aliphatic hydroxyl groups excluding tert-OH is 2. The second-order valence-electron chi connectivity index (χ2n) is 3.64. The van der Waals surface area contributed by atoms with Crippen molar-refractivity contribution in [2.24, 2.45) is 0 Å². The molecule has 3 N–H and O–H groups in total. The van der Waals surface area contributed by atoms with E-state index in [9.17, 15) is 10.2 Å². The Kier molecular flexibility index (Phi) is 2.25. The van der Waals surface area contributed by atoms with Crippen LogP contribution in [0.1, 0.15) is 13.8 Å². The van der Waals surface area contributed by atoms with Crippen molar-refractivity contribution in [3.8, 4) is 0 Å². The molecule has 0 spiro atoms. The summed E-state index contributed by atoms with van der Waals surface area (Å²) in [4.78, 5) is 0. The largest absolute Gasteiger partial charge is 0.393 e. The van der Waals surface area contributed by atoms with Crippen LogP contribution >= 0.6 is 0 Å². The van der Waals surface area contributed by atoms with Gasteiger partial charge in [-0.2, -0.15) is 0 Å². The van der Waals surface area contributed by atoms with Crippen molar-refractivity contribution in [2.45, 2.75) is 37.2 Å². The van der Waals surface area contributed by atoms with Gasteiger partial charge in [-0.1, -0.05) is 0 Å². The van der Waals surface area contributed by atoms with Crippen molar-refractivity contribution in [3.05, 3.63) is 0 Å². The number of hydrogen-bond donors (Lipinski definition) is 3. The van der Waals surface area contributed by atoms with Crippen molar-refractivity contribution in [3.63, 3.8) is 0 Å². The molecular weight excluding hydrogens is 159 g/mol. The molecule has 1 fully saturated rings. The van der Waals surface area contributed by atoms with E-state index in [4.69, 9.17) is 17.7 Å². The van der Waals surface area contributed by atoms with Gasteiger partial charge in [-0.25, -0.2) is 0 Å². The molecule has 4 atom stereocenters. The van der Waals surface area contributed by atoms with Crippen LogP contribution in [0, 0.1) is 0 Å². The van der Waals surface area contributed by atoms with E-state index in [0.717, 1.165) is 0 Å². The molecule has 1 saturated heterocycles. The molecule has 2 radical (unpaired) electrons. The van der Waals surface area contributed by atoms with Gasteiger partial charge in [0.25, 0.3) is 0 Å². The highest BCUT2D eigenvalue weighted by Gasteiger charge is 2.55. The summed E-state index contributed by atoms with van der Waals surface area (Å²) in [5, 5.41) is 28.0. The van der Waals surface area contributed by atoms with Gasteiger partial charge in [0.05, 0.1) is 6.61 Å². The zero-order valence-corrected chi connectivity index (χ0v) is 7.19. The van der Waals surface area contributed by atoms with E-state index >= 15 is 0 Å². The first-order chi connectivity index (χ1) is 5.34. The van der Waals surface area contributed by atoms with E-state index in [1.165, 1.54) is 13.8 Å². The van der Waals surface area contributed by atoms with Crippen molar-refractivity contribution in [1.29, 1.82) is 0 Å². The number of rotatable bonds is 1. The number of aliphatic hydroxyl groups is 3. The molecule has 0 amide bonds. The molecule has 68 valence electrons. The first kappa shape index (κ1) is 9.99. The summed E-state index contributed by atoms with van der Waals surface area (Å²) in [6.07, 6.45) is -1.18. The number of ether oxygens (including phenoxy) is 1. The van der Waals surface area contributed by atoms with Gasteiger partial charge in [0, 0.05) is 6.00 Å². The molecule has 0 aromatic rings. The molecule has 4 unspecified atom stereocenters. The molecule has 0 aromatic carbocycles. The van der Waals surface area contributed by atoms with E-state index in [1.807, 2.05) is 0 Å². The third kappa shape index (κ3) is 1.17. The van der Waals surface area contributed by atoms with Crippen molar-refractivity contribution in [1.82, 2.24) is 0 Å². The lowest BCUT2D eigenvalue weighted by Gasteiger charge is -2.28. The molecule has 0 saturated carbocycles. The SMILES string of the molecule is [B]C1OC(C)(CO)C(O)C1(C)O. The summed E-state index contributed by atoms with van der Waals surface area (Å²) in [5.74, 6) is 0. The lowest BCUT2D eigenvalue weighted by Crippen LogP contribution is -2.50. The van der Waals surface area contributed by atoms with Gasteiger partial charge >= 0.3 is 0 Å². The van der Waals surface area contributed by atoms with Gasteiger partial charge in [-0.15, -0.1) is 0 Å². The monoisotopic (exact) mass is 172 g/mol. The maximum atomic E-state index is 9.59. The Balaban J connectivity index is 2.90. The quantitative estimate of drug-likeness (QED) is 0.415. The third-order valence-corrected chi connectivity index (χ3v) is 2.42. The zero-order valence-electron chi connectivity index (χ0n) is 7.19. The first-order valence-electron chi connectivity index (χ1n) is 3.79. The highest BCUT2D eigenvalue weighted by atomic mass is 16.6. The van der Waals surface area contributed by atoms with E-state index in [2.05, 4.69) is 0 Å². The van der Waals surface area contributed by atoms with Crippen LogP contribution in [-0.2, 0) is 4.74 Å². The van der Waals surface area contributed by atoms with Gasteiger partial charge in [0.2, 0.25) is 0 Å². The second-order valence-corrected chi connectivity index (χ2v) is 3.64. The average Bonchev–Trinajstić information content (AvgIpc) is 2.14. The van der Waals surface area contributed by atoms with Gasteiger partial charge in [0.1, 0.15) is 25.2 Å². The van der Waals surface area contributed by atoms with Gasteiger partial charge in [0.15, 0.2) is 0 Å². The van der Waals surface area contributed by atoms with Gasteiger partial charge < -0.3 is 20.1 Å². The molecule has 0 aromatic heterocycles. The Morgan fingerprint density at radius 2 is 2.00 bits per heavy atom. The van der Waals surface area contributed by atoms with E-state index in [1.54, 1.807) is 0 Å². The lowest BCUT2D eigenvalue weighted by molar-refractivity contribution is -0.0937. The third-order valence-electron chi connectivity index (χ3n) is 2.42. The summed E-state index contributed by atoms with van der Waals surface area (Å²) < 4.78 is 5.05. The highest BCUT2D eigenvalue weighted by Crippen LogP contribution is 2.36. The Labute approximate surface area is 72.6 Å². The Morgan fingerprint density at radius 1 is 1.50 bits per heavy atom. The molecule has 4 nitrogen and oxygen atoms in total. The smallest absolute Gasteiger partial charge is 0.116 e. The molecule has 0 bridgehead atoms. The molecule has 1 rings (SSSR count). The van der Waals surface area contributed by atoms with E-state index in [-0.39, 0.29) is 6.61 Å². The molecule has 5 heteroatoms. The fraction of sp³-hybridized carbons (Fsp3) is 1.00. The first-order valence-corrected chi connectivity index (χ1v) is 3.79. The fourth-order valence-corrected chi connectivity index (χ4v) is 1.37. The van der Waals surface area contributed by atoms with Gasteiger partial charge in [-0.05, 0) is 13.8 Å². The highest BCUT2D eigenvalue weighted by molar-refractivity contribution is 6.12. The maximum Gasteiger partial charge on any atom is 0.116 e. The van der Waals surface area contributed by atoms with Crippen molar-refractivity contribution in [2.75, 3.05) is 6.61 Å². The topological polar surface area (TPSA) is 69.9 Å². The average molecular weight is 172 g/mol. The summed E-state index contributed by atoms with van der Waals surface area (Å²) in [7, 11) is 5.41. The molecule has 1 aliphatic heterocycles. The fourth-order valence-electron chi connectivity index (χ4n) is 1.37. The molecular formula is C7H13BO4. The Hall–Kier alpha value is -0.0951. The van der Waals surface area contributed by atoms with Crippen LogP contribution < -0.4 is 0 Å². The van der Waals surface area contributed by atoms with Crippen LogP contribution in [0.25, 0.3) is 0 Å². The van der Waals surface area contributed by atoms with Crippen LogP contribution in [0.5, 0.6) is 0 Å².